The lowest BCUT2D eigenvalue weighted by atomic mass is 9.86. The van der Waals surface area contributed by atoms with Gasteiger partial charge in [-0.2, -0.15) is 5.26 Å². The van der Waals surface area contributed by atoms with Gasteiger partial charge in [0.05, 0.1) is 29.1 Å². The maximum Gasteiger partial charge on any atom is 0.226 e. The third-order valence-corrected chi connectivity index (χ3v) is 11.8. The average Bonchev–Trinajstić information content (AvgIpc) is 3.25. The molecule has 5 atom stereocenters. The van der Waals surface area contributed by atoms with Gasteiger partial charge in [0.2, 0.25) is 11.8 Å². The largest absolute Gasteiger partial charge is 0.507 e. The Labute approximate surface area is 375 Å². The fraction of sp³-hybridized carbons (Fsp3) is 0.440. The van der Waals surface area contributed by atoms with E-state index in [1.165, 1.54) is 18.0 Å². The molecular weight excluding hydrogens is 811 g/mol. The molecule has 0 spiro atoms. The zero-order valence-corrected chi connectivity index (χ0v) is 38.2. The van der Waals surface area contributed by atoms with E-state index >= 15 is 0 Å². The molecule has 0 fully saturated rings. The first-order valence-electron chi connectivity index (χ1n) is 21.8. The zero-order chi connectivity index (χ0) is 47.0. The number of phenols is 1. The third kappa shape index (κ3) is 11.4. The van der Waals surface area contributed by atoms with Crippen LogP contribution in [-0.4, -0.2) is 81.4 Å². The second kappa shape index (κ2) is 20.9. The number of amides is 2. The number of aryl methyl sites for hydroxylation is 2. The number of nitriles is 1. The number of aromatic nitrogens is 2. The Bertz CT molecular complexity index is 2410. The summed E-state index contributed by atoms with van der Waals surface area (Å²) >= 11 is 0. The highest BCUT2D eigenvalue weighted by molar-refractivity contribution is 6.01. The number of benzene rings is 3. The number of hydrogen-bond acceptors (Lipinski definition) is 12. The minimum absolute atomic E-state index is 0.0315. The van der Waals surface area contributed by atoms with Gasteiger partial charge in [0, 0.05) is 67.8 Å². The summed E-state index contributed by atoms with van der Waals surface area (Å²) < 4.78 is 6.22. The summed E-state index contributed by atoms with van der Waals surface area (Å²) in [6.45, 7) is 13.5. The normalized spacial score (nSPS) is 17.6. The first kappa shape index (κ1) is 48.7. The van der Waals surface area contributed by atoms with E-state index in [0.717, 1.165) is 11.1 Å². The smallest absolute Gasteiger partial charge is 0.226 e. The van der Waals surface area contributed by atoms with Crippen molar-refractivity contribution in [2.75, 3.05) is 20.1 Å². The van der Waals surface area contributed by atoms with Crippen LogP contribution < -0.4 is 21.5 Å². The van der Waals surface area contributed by atoms with Crippen LogP contribution in [0, 0.1) is 37.0 Å². The standard InChI is InChI=1S/C50H61N7O7/c1-28-22-43(61)46(57(8)49(63)35(19-21-52)26-42(60)45-30(3)54-47(55-31(45)4)33-12-15-36(16-13-33)50(5,6)7)34-14-18-44(64-29(2)27-53)38(25-34)37-23-32(11-17-40(37)58)24-39(56-48(28)62)41(59)10-9-20-51/h11-18,23,25,28-29,35,39,46,58H,9-10,19,21-22,24,26-27,52-53H2,1-8H3,(H,56,62)/t28-,29?,35-,39+,46+/m1/s1. The Balaban J connectivity index is 1.55. The number of ketones is 3. The van der Waals surface area contributed by atoms with Crippen LogP contribution in [0.5, 0.6) is 11.5 Å². The number of nitrogens with two attached hydrogens (primary N) is 2. The van der Waals surface area contributed by atoms with Crippen molar-refractivity contribution in [1.29, 1.82) is 5.26 Å². The van der Waals surface area contributed by atoms with Crippen LogP contribution in [0.4, 0.5) is 0 Å². The molecule has 0 saturated carbocycles. The molecule has 3 aromatic carbocycles. The molecule has 338 valence electrons. The molecule has 0 saturated heterocycles. The summed E-state index contributed by atoms with van der Waals surface area (Å²) in [4.78, 5) is 81.4. The van der Waals surface area contributed by atoms with Gasteiger partial charge in [-0.1, -0.05) is 64.1 Å². The van der Waals surface area contributed by atoms with Gasteiger partial charge in [-0.05, 0) is 86.5 Å². The van der Waals surface area contributed by atoms with Gasteiger partial charge in [0.15, 0.2) is 23.2 Å². The van der Waals surface area contributed by atoms with Crippen LogP contribution in [0.2, 0.25) is 0 Å². The molecule has 6 N–H and O–H groups in total. The number of hydrogen-bond donors (Lipinski definition) is 4. The summed E-state index contributed by atoms with van der Waals surface area (Å²) in [6.07, 6.45) is -0.947. The second-order valence-corrected chi connectivity index (χ2v) is 17.9. The van der Waals surface area contributed by atoms with Crippen LogP contribution in [0.25, 0.3) is 22.5 Å². The molecule has 2 amide bonds. The number of aromatic hydroxyl groups is 1. The maximum atomic E-state index is 14.7. The number of ether oxygens (including phenoxy) is 1. The number of Topliss-reactive ketones (excluding diaryl/α,β-unsaturated/α-hetero) is 3. The van der Waals surface area contributed by atoms with Crippen molar-refractivity contribution in [3.63, 3.8) is 0 Å². The van der Waals surface area contributed by atoms with E-state index in [0.29, 0.717) is 50.8 Å². The highest BCUT2D eigenvalue weighted by atomic mass is 16.5. The van der Waals surface area contributed by atoms with Crippen molar-refractivity contribution in [2.24, 2.45) is 23.3 Å². The SMILES string of the molecule is Cc1nc(-c2ccc(C(C)(C)C)cc2)nc(C)c1C(=O)C[C@@H](CCN)C(=O)N(C)[C@@H]1C(=O)C[C@@H](C)C(=O)N[C@H](C(=O)CCC#N)Cc2ccc(O)c(c2)-c2cc1ccc2OC(C)CN. The van der Waals surface area contributed by atoms with Crippen LogP contribution in [0.3, 0.4) is 0 Å². The molecule has 14 heteroatoms. The Kier molecular flexibility index (Phi) is 15.9. The first-order chi connectivity index (χ1) is 30.3. The number of nitrogens with one attached hydrogen (secondary N) is 1. The van der Waals surface area contributed by atoms with Crippen molar-refractivity contribution >= 4 is 29.2 Å². The lowest BCUT2D eigenvalue weighted by Gasteiger charge is -2.32. The van der Waals surface area contributed by atoms with E-state index in [9.17, 15) is 34.3 Å². The topological polar surface area (TPSA) is 232 Å². The van der Waals surface area contributed by atoms with E-state index < -0.39 is 47.6 Å². The molecule has 1 aromatic heterocycles. The predicted molar refractivity (Wildman–Crippen MR) is 244 cm³/mol. The fourth-order valence-corrected chi connectivity index (χ4v) is 8.13. The van der Waals surface area contributed by atoms with Crippen LogP contribution in [0.1, 0.15) is 111 Å². The van der Waals surface area contributed by atoms with Gasteiger partial charge >= 0.3 is 0 Å². The lowest BCUT2D eigenvalue weighted by molar-refractivity contribution is -0.142. The minimum Gasteiger partial charge on any atom is -0.507 e. The summed E-state index contributed by atoms with van der Waals surface area (Å²) in [7, 11) is 1.48. The summed E-state index contributed by atoms with van der Waals surface area (Å²) in [5.74, 6) is -3.45. The van der Waals surface area contributed by atoms with Crippen LogP contribution in [-0.2, 0) is 31.0 Å². The molecule has 14 nitrogen and oxygen atoms in total. The first-order valence-corrected chi connectivity index (χ1v) is 21.8. The van der Waals surface area contributed by atoms with E-state index in [1.54, 1.807) is 58.0 Å². The molecule has 2 heterocycles. The van der Waals surface area contributed by atoms with Gasteiger partial charge < -0.3 is 31.5 Å². The van der Waals surface area contributed by atoms with Crippen molar-refractivity contribution in [1.82, 2.24) is 20.2 Å². The third-order valence-electron chi connectivity index (χ3n) is 11.8. The second-order valence-electron chi connectivity index (χ2n) is 17.9. The van der Waals surface area contributed by atoms with Crippen molar-refractivity contribution in [2.45, 2.75) is 111 Å². The van der Waals surface area contributed by atoms with Crippen molar-refractivity contribution < 1.29 is 33.8 Å². The van der Waals surface area contributed by atoms with E-state index in [4.69, 9.17) is 26.2 Å². The number of carbonyl (C=O) groups is 5. The van der Waals surface area contributed by atoms with E-state index in [2.05, 4.69) is 26.1 Å². The number of carbonyl (C=O) groups excluding carboxylic acids is 5. The van der Waals surface area contributed by atoms with E-state index in [1.807, 2.05) is 30.3 Å². The molecule has 0 radical (unpaired) electrons. The molecule has 4 aromatic rings. The van der Waals surface area contributed by atoms with Crippen molar-refractivity contribution in [3.8, 4) is 40.1 Å². The molecule has 64 heavy (non-hydrogen) atoms. The molecule has 1 aliphatic rings. The van der Waals surface area contributed by atoms with Gasteiger partial charge in [-0.3, -0.25) is 24.0 Å². The summed E-state index contributed by atoms with van der Waals surface area (Å²) in [6, 6.07) is 17.4. The molecule has 1 aliphatic heterocycles. The number of rotatable bonds is 14. The quantitative estimate of drug-likeness (QED) is 0.101. The van der Waals surface area contributed by atoms with Crippen molar-refractivity contribution in [3.05, 3.63) is 94.3 Å². The maximum absolute atomic E-state index is 14.7. The Morgan fingerprint density at radius 2 is 1.66 bits per heavy atom. The molecule has 4 bridgehead atoms. The fourth-order valence-electron chi connectivity index (χ4n) is 8.13. The van der Waals surface area contributed by atoms with Gasteiger partial charge in [-0.25, -0.2) is 9.97 Å². The molecule has 0 aliphatic carbocycles. The summed E-state index contributed by atoms with van der Waals surface area (Å²) in [5, 5.41) is 23.3. The zero-order valence-electron chi connectivity index (χ0n) is 38.2. The summed E-state index contributed by atoms with van der Waals surface area (Å²) in [5.41, 5.74) is 16.8. The number of likely N-dealkylation sites (N-methyl/N-ethyl adjacent to an activating group) is 1. The Morgan fingerprint density at radius 3 is 2.27 bits per heavy atom. The molecular formula is C50H61N7O7. The van der Waals surface area contributed by atoms with Gasteiger partial charge in [0.1, 0.15) is 23.6 Å². The Morgan fingerprint density at radius 1 is 0.984 bits per heavy atom. The van der Waals surface area contributed by atoms with Gasteiger partial charge in [-0.15, -0.1) is 0 Å². The monoisotopic (exact) mass is 871 g/mol. The highest BCUT2D eigenvalue weighted by Gasteiger charge is 2.36. The minimum atomic E-state index is -1.27. The van der Waals surface area contributed by atoms with Crippen LogP contribution >= 0.6 is 0 Å². The number of nitrogens with zero attached hydrogens (tertiary/aromatic N) is 4. The van der Waals surface area contributed by atoms with E-state index in [-0.39, 0.29) is 74.3 Å². The highest BCUT2D eigenvalue weighted by Crippen LogP contribution is 2.41. The molecule has 5 rings (SSSR count). The lowest BCUT2D eigenvalue weighted by Crippen LogP contribution is -2.46. The average molecular weight is 872 g/mol. The number of fused-ring (bicyclic) bond motifs is 5. The molecule has 1 unspecified atom stereocenters. The predicted octanol–water partition coefficient (Wildman–Crippen LogP) is 6.40. The van der Waals surface area contributed by atoms with Crippen LogP contribution in [0.15, 0.2) is 60.7 Å². The Hall–Kier alpha value is -6.30. The number of phenolic OH excluding ortho intramolecular Hbond substituents is 1. The van der Waals surface area contributed by atoms with Gasteiger partial charge in [0.25, 0.3) is 0 Å².